The Hall–Kier alpha value is -1.32. The molecule has 0 radical (unpaired) electrons. The second-order valence-electron chi connectivity index (χ2n) is 4.43. The Kier molecular flexibility index (Phi) is 2.68. The molecule has 0 bridgehead atoms. The zero-order valence-electron chi connectivity index (χ0n) is 9.28. The lowest BCUT2D eigenvalue weighted by molar-refractivity contribution is 0.0699. The average molecular weight is 282 g/mol. The lowest BCUT2D eigenvalue weighted by atomic mass is 10.1. The molecule has 0 unspecified atom stereocenters. The molecule has 18 heavy (non-hydrogen) atoms. The van der Waals surface area contributed by atoms with E-state index in [0.717, 1.165) is 18.5 Å². The molecule has 0 saturated heterocycles. The second-order valence-corrected chi connectivity index (χ2v) is 5.21. The molecule has 1 aromatic carbocycles. The largest absolute Gasteiger partial charge is 0.478 e. The van der Waals surface area contributed by atoms with E-state index in [0.29, 0.717) is 21.8 Å². The summed E-state index contributed by atoms with van der Waals surface area (Å²) in [6.45, 7) is 0. The van der Waals surface area contributed by atoms with E-state index in [1.54, 1.807) is 18.2 Å². The van der Waals surface area contributed by atoms with Gasteiger partial charge in [0.05, 0.1) is 21.1 Å². The van der Waals surface area contributed by atoms with Gasteiger partial charge in [0.1, 0.15) is 0 Å². The Morgan fingerprint density at radius 1 is 1.33 bits per heavy atom. The molecule has 1 aromatic heterocycles. The van der Waals surface area contributed by atoms with Crippen LogP contribution in [0.2, 0.25) is 10.0 Å². The summed E-state index contributed by atoms with van der Waals surface area (Å²) < 4.78 is 0. The first-order chi connectivity index (χ1) is 8.58. The summed E-state index contributed by atoms with van der Waals surface area (Å²) >= 11 is 12.0. The van der Waals surface area contributed by atoms with Gasteiger partial charge in [0.15, 0.2) is 0 Å². The van der Waals surface area contributed by atoms with E-state index in [2.05, 4.69) is 4.98 Å². The molecule has 1 heterocycles. The molecular weight excluding hydrogens is 273 g/mol. The maximum Gasteiger partial charge on any atom is 0.336 e. The summed E-state index contributed by atoms with van der Waals surface area (Å²) in [5, 5.41) is 10.3. The van der Waals surface area contributed by atoms with Crippen LogP contribution in [0.15, 0.2) is 18.2 Å². The molecule has 0 amide bonds. The molecule has 1 N–H and O–H groups in total. The van der Waals surface area contributed by atoms with Crippen LogP contribution in [-0.4, -0.2) is 16.1 Å². The normalized spacial score (nSPS) is 15.0. The van der Waals surface area contributed by atoms with Gasteiger partial charge in [0, 0.05) is 17.0 Å². The smallest absolute Gasteiger partial charge is 0.336 e. The fraction of sp³-hybridized carbons (Fsp3) is 0.231. The highest BCUT2D eigenvalue weighted by atomic mass is 35.5. The summed E-state index contributed by atoms with van der Waals surface area (Å²) in [4.78, 5) is 15.8. The molecule has 3 nitrogen and oxygen atoms in total. The van der Waals surface area contributed by atoms with Crippen LogP contribution in [-0.2, 0) is 0 Å². The molecular formula is C13H9Cl2NO2. The van der Waals surface area contributed by atoms with Crippen LogP contribution in [0.4, 0.5) is 0 Å². The Bertz CT molecular complexity index is 666. The van der Waals surface area contributed by atoms with Gasteiger partial charge in [-0.25, -0.2) is 4.79 Å². The lowest BCUT2D eigenvalue weighted by Gasteiger charge is -2.08. The molecule has 5 heteroatoms. The van der Waals surface area contributed by atoms with Gasteiger partial charge in [-0.15, -0.1) is 0 Å². The van der Waals surface area contributed by atoms with Crippen molar-refractivity contribution < 1.29 is 9.90 Å². The van der Waals surface area contributed by atoms with Crippen molar-refractivity contribution in [3.05, 3.63) is 39.5 Å². The first-order valence-corrected chi connectivity index (χ1v) is 6.35. The number of aromatic nitrogens is 1. The molecule has 1 aliphatic rings. The number of hydrogen-bond acceptors (Lipinski definition) is 2. The van der Waals surface area contributed by atoms with E-state index < -0.39 is 5.97 Å². The van der Waals surface area contributed by atoms with Gasteiger partial charge >= 0.3 is 5.97 Å². The van der Waals surface area contributed by atoms with Gasteiger partial charge in [-0.3, -0.25) is 4.98 Å². The number of carboxylic acid groups (broad SMARTS) is 1. The molecule has 1 saturated carbocycles. The van der Waals surface area contributed by atoms with Crippen molar-refractivity contribution in [2.24, 2.45) is 0 Å². The molecule has 3 rings (SSSR count). The van der Waals surface area contributed by atoms with Crippen molar-refractivity contribution >= 4 is 40.1 Å². The predicted molar refractivity (Wildman–Crippen MR) is 70.7 cm³/mol. The second kappa shape index (κ2) is 4.11. The molecule has 92 valence electrons. The fourth-order valence-corrected chi connectivity index (χ4v) is 2.46. The van der Waals surface area contributed by atoms with Crippen LogP contribution in [0.25, 0.3) is 10.9 Å². The van der Waals surface area contributed by atoms with Crippen LogP contribution in [0.1, 0.15) is 34.8 Å². The SMILES string of the molecule is O=C(O)c1cc(C2CC2)nc2ccc(Cl)c(Cl)c12. The highest BCUT2D eigenvalue weighted by Gasteiger charge is 2.27. The van der Waals surface area contributed by atoms with Gasteiger partial charge in [-0.1, -0.05) is 23.2 Å². The Labute approximate surface area is 113 Å². The van der Waals surface area contributed by atoms with Crippen LogP contribution in [0, 0.1) is 0 Å². The number of pyridine rings is 1. The number of carboxylic acids is 1. The van der Waals surface area contributed by atoms with Gasteiger partial charge < -0.3 is 5.11 Å². The first-order valence-electron chi connectivity index (χ1n) is 5.60. The van der Waals surface area contributed by atoms with Crippen molar-refractivity contribution in [3.63, 3.8) is 0 Å². The van der Waals surface area contributed by atoms with Crippen LogP contribution in [0.5, 0.6) is 0 Å². The van der Waals surface area contributed by atoms with Gasteiger partial charge in [-0.05, 0) is 31.0 Å². The number of nitrogens with zero attached hydrogens (tertiary/aromatic N) is 1. The monoisotopic (exact) mass is 281 g/mol. The molecule has 0 spiro atoms. The quantitative estimate of drug-likeness (QED) is 0.901. The maximum atomic E-state index is 11.3. The molecule has 0 aliphatic heterocycles. The van der Waals surface area contributed by atoms with Crippen molar-refractivity contribution in [1.82, 2.24) is 4.98 Å². The van der Waals surface area contributed by atoms with E-state index in [1.807, 2.05) is 0 Å². The summed E-state index contributed by atoms with van der Waals surface area (Å²) in [7, 11) is 0. The molecule has 1 fully saturated rings. The summed E-state index contributed by atoms with van der Waals surface area (Å²) in [5.41, 5.74) is 1.60. The van der Waals surface area contributed by atoms with E-state index in [-0.39, 0.29) is 10.6 Å². The number of carbonyl (C=O) groups is 1. The zero-order chi connectivity index (χ0) is 12.9. The number of hydrogen-bond donors (Lipinski definition) is 1. The van der Waals surface area contributed by atoms with Crippen molar-refractivity contribution in [1.29, 1.82) is 0 Å². The number of halogens is 2. The standard InChI is InChI=1S/C13H9Cl2NO2/c14-8-3-4-9-11(12(8)15)7(13(17)18)5-10(16-9)6-1-2-6/h3-6H,1-2H2,(H,17,18). The highest BCUT2D eigenvalue weighted by molar-refractivity contribution is 6.45. The van der Waals surface area contributed by atoms with Crippen LogP contribution in [0.3, 0.4) is 0 Å². The van der Waals surface area contributed by atoms with E-state index in [4.69, 9.17) is 23.2 Å². The first kappa shape index (κ1) is 11.8. The van der Waals surface area contributed by atoms with Gasteiger partial charge in [0.25, 0.3) is 0 Å². The minimum atomic E-state index is -1.01. The van der Waals surface area contributed by atoms with Crippen LogP contribution < -0.4 is 0 Å². The number of rotatable bonds is 2. The van der Waals surface area contributed by atoms with E-state index >= 15 is 0 Å². The third-order valence-corrected chi connectivity index (χ3v) is 3.91. The minimum absolute atomic E-state index is 0.175. The van der Waals surface area contributed by atoms with Gasteiger partial charge in [0.2, 0.25) is 0 Å². The summed E-state index contributed by atoms with van der Waals surface area (Å²) in [6, 6.07) is 4.97. The third kappa shape index (κ3) is 1.84. The third-order valence-electron chi connectivity index (χ3n) is 3.11. The Balaban J connectivity index is 2.37. The number of aromatic carboxylic acids is 1. The van der Waals surface area contributed by atoms with Crippen LogP contribution >= 0.6 is 23.2 Å². The molecule has 2 aromatic rings. The predicted octanol–water partition coefficient (Wildman–Crippen LogP) is 4.12. The van der Waals surface area contributed by atoms with Crippen molar-refractivity contribution in [2.75, 3.05) is 0 Å². The lowest BCUT2D eigenvalue weighted by Crippen LogP contribution is -2.02. The zero-order valence-corrected chi connectivity index (χ0v) is 10.8. The number of fused-ring (bicyclic) bond motifs is 1. The number of benzene rings is 1. The Morgan fingerprint density at radius 3 is 2.67 bits per heavy atom. The minimum Gasteiger partial charge on any atom is -0.478 e. The summed E-state index contributed by atoms with van der Waals surface area (Å²) in [6.07, 6.45) is 2.14. The maximum absolute atomic E-state index is 11.3. The van der Waals surface area contributed by atoms with Crippen molar-refractivity contribution in [2.45, 2.75) is 18.8 Å². The van der Waals surface area contributed by atoms with Gasteiger partial charge in [-0.2, -0.15) is 0 Å². The van der Waals surface area contributed by atoms with E-state index in [9.17, 15) is 9.90 Å². The Morgan fingerprint density at radius 2 is 2.06 bits per heavy atom. The topological polar surface area (TPSA) is 50.2 Å². The molecule has 0 atom stereocenters. The average Bonchev–Trinajstić information content (AvgIpc) is 3.16. The highest BCUT2D eigenvalue weighted by Crippen LogP contribution is 2.41. The summed E-state index contributed by atoms with van der Waals surface area (Å²) in [5.74, 6) is -0.615. The molecule has 1 aliphatic carbocycles. The fourth-order valence-electron chi connectivity index (χ4n) is 2.04. The van der Waals surface area contributed by atoms with E-state index in [1.165, 1.54) is 0 Å². The van der Waals surface area contributed by atoms with Crippen molar-refractivity contribution in [3.8, 4) is 0 Å².